The van der Waals surface area contributed by atoms with E-state index < -0.39 is 29.6 Å². The molecule has 0 heterocycles. The van der Waals surface area contributed by atoms with Gasteiger partial charge in [-0.1, -0.05) is 55.1 Å². The van der Waals surface area contributed by atoms with Crippen LogP contribution in [0.15, 0.2) is 91.5 Å². The highest BCUT2D eigenvalue weighted by molar-refractivity contribution is 7.98. The molecule has 4 aromatic carbocycles. The summed E-state index contributed by atoms with van der Waals surface area (Å²) in [7, 11) is 0. The predicted octanol–water partition coefficient (Wildman–Crippen LogP) is 7.73. The molecule has 8 heteroatoms. The number of halogens is 2. The van der Waals surface area contributed by atoms with Gasteiger partial charge in [0.25, 0.3) is 5.91 Å². The Hall–Kier alpha value is -4.43. The fourth-order valence-electron chi connectivity index (χ4n) is 4.92. The van der Waals surface area contributed by atoms with Gasteiger partial charge in [0.05, 0.1) is 0 Å². The summed E-state index contributed by atoms with van der Waals surface area (Å²) in [5, 5.41) is 12.4. The topological polar surface area (TPSA) is 69.6 Å². The number of anilines is 1. The molecule has 5 nitrogen and oxygen atoms in total. The van der Waals surface area contributed by atoms with Gasteiger partial charge < -0.3 is 15.3 Å². The Labute approximate surface area is 255 Å². The first-order chi connectivity index (χ1) is 20.7. The fraction of sp³-hybridized carbons (Fsp3) is 0.200. The molecule has 0 bridgehead atoms. The van der Waals surface area contributed by atoms with Crippen LogP contribution in [0, 0.1) is 18.6 Å². The van der Waals surface area contributed by atoms with Crippen molar-refractivity contribution in [2.24, 2.45) is 0 Å². The number of carboxylic acids is 1. The highest BCUT2D eigenvalue weighted by Gasteiger charge is 2.23. The molecular weight excluding hydrogens is 566 g/mol. The Balaban J connectivity index is 1.74. The average molecular weight is 601 g/mol. The first kappa shape index (κ1) is 31.5. The van der Waals surface area contributed by atoms with E-state index in [4.69, 9.17) is 0 Å². The van der Waals surface area contributed by atoms with Crippen molar-refractivity contribution >= 4 is 35.4 Å². The number of thioether (sulfide) groups is 1. The van der Waals surface area contributed by atoms with Gasteiger partial charge in [-0.25, -0.2) is 13.6 Å². The average Bonchev–Trinajstić information content (AvgIpc) is 2.98. The number of aryl methyl sites for hydroxylation is 1. The van der Waals surface area contributed by atoms with E-state index in [-0.39, 0.29) is 6.54 Å². The Bertz CT molecular complexity index is 1590. The highest BCUT2D eigenvalue weighted by atomic mass is 32.2. The number of nitrogens with one attached hydrogen (secondary N) is 1. The number of hydrogen-bond acceptors (Lipinski definition) is 4. The van der Waals surface area contributed by atoms with E-state index in [1.54, 1.807) is 12.1 Å². The van der Waals surface area contributed by atoms with Gasteiger partial charge in [-0.05, 0) is 95.1 Å². The quantitative estimate of drug-likeness (QED) is 0.164. The van der Waals surface area contributed by atoms with Crippen molar-refractivity contribution in [2.45, 2.75) is 32.5 Å². The molecule has 1 atom stereocenters. The van der Waals surface area contributed by atoms with Crippen molar-refractivity contribution in [2.75, 3.05) is 16.9 Å². The molecule has 0 fully saturated rings. The molecule has 0 aliphatic carbocycles. The minimum absolute atomic E-state index is 0.236. The zero-order chi connectivity index (χ0) is 30.9. The van der Waals surface area contributed by atoms with E-state index >= 15 is 0 Å². The molecule has 0 aromatic heterocycles. The number of carbonyl (C=O) groups excluding carboxylic acids is 1. The molecular formula is C35H34F2N2O3S. The van der Waals surface area contributed by atoms with Gasteiger partial charge in [0.1, 0.15) is 17.7 Å². The van der Waals surface area contributed by atoms with E-state index in [9.17, 15) is 23.5 Å². The monoisotopic (exact) mass is 600 g/mol. The maximum atomic E-state index is 14.1. The summed E-state index contributed by atoms with van der Waals surface area (Å²) in [6, 6.07) is 23.3. The van der Waals surface area contributed by atoms with Gasteiger partial charge in [-0.3, -0.25) is 4.79 Å². The molecule has 4 aromatic rings. The van der Waals surface area contributed by atoms with Gasteiger partial charge >= 0.3 is 5.97 Å². The van der Waals surface area contributed by atoms with Gasteiger partial charge in [-0.15, -0.1) is 0 Å². The van der Waals surface area contributed by atoms with Gasteiger partial charge in [0.15, 0.2) is 0 Å². The van der Waals surface area contributed by atoms with Crippen LogP contribution in [-0.4, -0.2) is 35.0 Å². The summed E-state index contributed by atoms with van der Waals surface area (Å²) in [5.41, 5.74) is 5.95. The normalized spacial score (nSPS) is 11.5. The predicted molar refractivity (Wildman–Crippen MR) is 171 cm³/mol. The summed E-state index contributed by atoms with van der Waals surface area (Å²) >= 11 is 1.52. The molecule has 2 N–H and O–H groups in total. The van der Waals surface area contributed by atoms with Crippen LogP contribution in [0.4, 0.5) is 14.5 Å². The lowest BCUT2D eigenvalue weighted by atomic mass is 9.93. The lowest BCUT2D eigenvalue weighted by Gasteiger charge is -2.26. The maximum Gasteiger partial charge on any atom is 0.326 e. The van der Waals surface area contributed by atoms with E-state index in [1.165, 1.54) is 23.9 Å². The molecule has 0 saturated heterocycles. The third-order valence-corrected chi connectivity index (χ3v) is 7.79. The number of carbonyl (C=O) groups is 2. The highest BCUT2D eigenvalue weighted by Crippen LogP contribution is 2.30. The number of amides is 1. The van der Waals surface area contributed by atoms with Crippen LogP contribution in [0.3, 0.4) is 0 Å². The lowest BCUT2D eigenvalue weighted by Crippen LogP contribution is -2.41. The van der Waals surface area contributed by atoms with Crippen molar-refractivity contribution < 1.29 is 23.5 Å². The minimum Gasteiger partial charge on any atom is -0.480 e. The summed E-state index contributed by atoms with van der Waals surface area (Å²) < 4.78 is 28.1. The number of carboxylic acid groups (broad SMARTS) is 1. The maximum absolute atomic E-state index is 14.1. The van der Waals surface area contributed by atoms with Crippen molar-refractivity contribution in [1.82, 2.24) is 5.32 Å². The van der Waals surface area contributed by atoms with Gasteiger partial charge in [-0.2, -0.15) is 11.8 Å². The van der Waals surface area contributed by atoms with Crippen molar-refractivity contribution in [3.05, 3.63) is 131 Å². The summed E-state index contributed by atoms with van der Waals surface area (Å²) in [5.74, 6) is -2.24. The molecule has 4 rings (SSSR count). The number of hydrogen-bond donors (Lipinski definition) is 2. The molecule has 0 radical (unpaired) electrons. The number of rotatable bonds is 13. The Morgan fingerprint density at radius 1 is 0.930 bits per heavy atom. The van der Waals surface area contributed by atoms with Gasteiger partial charge in [0, 0.05) is 30.4 Å². The molecule has 0 spiro atoms. The van der Waals surface area contributed by atoms with Crippen LogP contribution in [0.25, 0.3) is 17.2 Å². The van der Waals surface area contributed by atoms with E-state index in [2.05, 4.69) is 11.9 Å². The summed E-state index contributed by atoms with van der Waals surface area (Å²) in [6.07, 6.45) is 3.93. The molecule has 0 aliphatic heterocycles. The van der Waals surface area contributed by atoms with Crippen LogP contribution in [-0.2, 0) is 17.9 Å². The Kier molecular flexibility index (Phi) is 10.7. The van der Waals surface area contributed by atoms with E-state index in [0.717, 1.165) is 34.0 Å². The van der Waals surface area contributed by atoms with Crippen LogP contribution < -0.4 is 10.2 Å². The van der Waals surface area contributed by atoms with Crippen LogP contribution in [0.5, 0.6) is 0 Å². The SMILES string of the molecule is C=Cc1ccc(N(Cc2cc(F)cc(F)c2)Cc2ccc(C(=O)N[C@@H](CCSC)C(=O)O)c(-c3ccccc3C)c2)cc1. The fourth-order valence-corrected chi connectivity index (χ4v) is 5.39. The van der Waals surface area contributed by atoms with Crippen LogP contribution >= 0.6 is 11.8 Å². The molecule has 222 valence electrons. The standard InChI is InChI=1S/C35H34F2N2O3S/c1-4-24-9-12-29(13-10-24)39(22-26-17-27(36)20-28(37)18-26)21-25-11-14-31(32(19-25)30-8-6-5-7-23(30)2)34(40)38-33(35(41)42)15-16-43-3/h4-14,17-20,33H,1,15-16,21-22H2,2-3H3,(H,38,40)(H,41,42)/t33-/m0/s1. The Morgan fingerprint density at radius 2 is 1.60 bits per heavy atom. The second-order valence-corrected chi connectivity index (χ2v) is 11.3. The number of benzene rings is 4. The third-order valence-electron chi connectivity index (χ3n) is 7.14. The first-order valence-electron chi connectivity index (χ1n) is 13.8. The second-order valence-electron chi connectivity index (χ2n) is 10.3. The lowest BCUT2D eigenvalue weighted by molar-refractivity contribution is -0.139. The number of nitrogens with zero attached hydrogens (tertiary/aromatic N) is 1. The Morgan fingerprint density at radius 3 is 2.23 bits per heavy atom. The largest absolute Gasteiger partial charge is 0.480 e. The van der Waals surface area contributed by atoms with Crippen LogP contribution in [0.1, 0.15) is 39.0 Å². The minimum atomic E-state index is -1.08. The van der Waals surface area contributed by atoms with E-state index in [1.807, 2.05) is 78.7 Å². The third kappa shape index (κ3) is 8.32. The van der Waals surface area contributed by atoms with Crippen molar-refractivity contribution in [3.8, 4) is 11.1 Å². The summed E-state index contributed by atoms with van der Waals surface area (Å²) in [6.45, 7) is 6.37. The zero-order valence-electron chi connectivity index (χ0n) is 24.1. The van der Waals surface area contributed by atoms with Crippen molar-refractivity contribution in [3.63, 3.8) is 0 Å². The first-order valence-corrected chi connectivity index (χ1v) is 15.2. The van der Waals surface area contributed by atoms with Gasteiger partial charge in [0.2, 0.25) is 0 Å². The summed E-state index contributed by atoms with van der Waals surface area (Å²) in [4.78, 5) is 27.3. The molecule has 0 aliphatic rings. The smallest absolute Gasteiger partial charge is 0.326 e. The second kappa shape index (κ2) is 14.6. The molecule has 0 saturated carbocycles. The van der Waals surface area contributed by atoms with Crippen LogP contribution in [0.2, 0.25) is 0 Å². The molecule has 0 unspecified atom stereocenters. The molecule has 43 heavy (non-hydrogen) atoms. The van der Waals surface area contributed by atoms with Crippen molar-refractivity contribution in [1.29, 1.82) is 0 Å². The molecule has 1 amide bonds. The van der Waals surface area contributed by atoms with E-state index in [0.29, 0.717) is 35.4 Å². The number of aliphatic carboxylic acids is 1. The zero-order valence-corrected chi connectivity index (χ0v) is 25.0.